The number of sulfonamides is 1. The molecule has 5 heteroatoms. The molecule has 1 fully saturated rings. The Morgan fingerprint density at radius 2 is 1.95 bits per heavy atom. The summed E-state index contributed by atoms with van der Waals surface area (Å²) in [6.07, 6.45) is 2.52. The number of nitrogens with one attached hydrogen (secondary N) is 1. The third-order valence-electron chi connectivity index (χ3n) is 3.76. The van der Waals surface area contributed by atoms with Crippen LogP contribution in [0.15, 0.2) is 24.3 Å². The van der Waals surface area contributed by atoms with Crippen LogP contribution in [0.5, 0.6) is 0 Å². The maximum Gasteiger partial charge on any atom is 0.218 e. The number of rotatable bonds is 8. The fourth-order valence-corrected chi connectivity index (χ4v) is 4.36. The van der Waals surface area contributed by atoms with Crippen molar-refractivity contribution in [3.8, 4) is 0 Å². The van der Waals surface area contributed by atoms with Gasteiger partial charge in [-0.15, -0.1) is 0 Å². The lowest BCUT2D eigenvalue weighted by atomic mass is 10.1. The van der Waals surface area contributed by atoms with Crippen LogP contribution in [0.1, 0.15) is 44.7 Å². The van der Waals surface area contributed by atoms with Gasteiger partial charge in [-0.3, -0.25) is 0 Å². The lowest BCUT2D eigenvalue weighted by Crippen LogP contribution is -2.37. The first kappa shape index (κ1) is 16.5. The van der Waals surface area contributed by atoms with Crippen molar-refractivity contribution in [3.05, 3.63) is 35.4 Å². The van der Waals surface area contributed by atoms with E-state index in [2.05, 4.69) is 5.32 Å². The third-order valence-corrected chi connectivity index (χ3v) is 5.85. The van der Waals surface area contributed by atoms with Gasteiger partial charge in [0.05, 0.1) is 5.75 Å². The molecule has 0 radical (unpaired) electrons. The Balaban J connectivity index is 2.05. The van der Waals surface area contributed by atoms with Crippen molar-refractivity contribution in [2.75, 3.05) is 6.54 Å². The Labute approximate surface area is 128 Å². The van der Waals surface area contributed by atoms with Gasteiger partial charge in [-0.1, -0.05) is 31.2 Å². The third kappa shape index (κ3) is 4.80. The zero-order valence-corrected chi connectivity index (χ0v) is 14.0. The second kappa shape index (κ2) is 6.90. The van der Waals surface area contributed by atoms with Gasteiger partial charge in [0, 0.05) is 25.2 Å². The Morgan fingerprint density at radius 3 is 2.52 bits per heavy atom. The Kier molecular flexibility index (Phi) is 5.41. The molecule has 4 nitrogen and oxygen atoms in total. The molecule has 1 aliphatic rings. The summed E-state index contributed by atoms with van der Waals surface area (Å²) in [5, 5.41) is 3.46. The number of hydrogen-bond donors (Lipinski definition) is 1. The van der Waals surface area contributed by atoms with Gasteiger partial charge in [0.15, 0.2) is 0 Å². The summed E-state index contributed by atoms with van der Waals surface area (Å²) in [5.41, 5.74) is 2.02. The molecular formula is C16H26N2O2S. The minimum Gasteiger partial charge on any atom is -0.310 e. The first-order valence-corrected chi connectivity index (χ1v) is 9.34. The lowest BCUT2D eigenvalue weighted by molar-refractivity contribution is 0.368. The highest BCUT2D eigenvalue weighted by molar-refractivity contribution is 7.88. The van der Waals surface area contributed by atoms with E-state index in [1.807, 2.05) is 45.0 Å². The van der Waals surface area contributed by atoms with Crippen molar-refractivity contribution in [2.24, 2.45) is 0 Å². The topological polar surface area (TPSA) is 49.4 Å². The molecule has 0 amide bonds. The summed E-state index contributed by atoms with van der Waals surface area (Å²) < 4.78 is 26.5. The zero-order chi connectivity index (χ0) is 15.5. The molecule has 118 valence electrons. The molecule has 2 rings (SSSR count). The van der Waals surface area contributed by atoms with Gasteiger partial charge in [0.1, 0.15) is 0 Å². The predicted molar refractivity (Wildman–Crippen MR) is 86.4 cm³/mol. The summed E-state index contributed by atoms with van der Waals surface area (Å²) in [4.78, 5) is 0. The highest BCUT2D eigenvalue weighted by atomic mass is 32.2. The van der Waals surface area contributed by atoms with Gasteiger partial charge in [-0.2, -0.15) is 4.31 Å². The van der Waals surface area contributed by atoms with Gasteiger partial charge < -0.3 is 5.32 Å². The van der Waals surface area contributed by atoms with Crippen molar-refractivity contribution in [3.63, 3.8) is 0 Å². The van der Waals surface area contributed by atoms with Crippen LogP contribution in [0.2, 0.25) is 0 Å². The van der Waals surface area contributed by atoms with Crippen molar-refractivity contribution >= 4 is 10.0 Å². The minimum absolute atomic E-state index is 0.000263. The first-order valence-electron chi connectivity index (χ1n) is 7.73. The van der Waals surface area contributed by atoms with E-state index in [0.717, 1.165) is 17.7 Å². The predicted octanol–water partition coefficient (Wildman–Crippen LogP) is 2.50. The number of benzene rings is 1. The van der Waals surface area contributed by atoms with Gasteiger partial charge in [-0.25, -0.2) is 8.42 Å². The largest absolute Gasteiger partial charge is 0.310 e. The number of hydrogen-bond acceptors (Lipinski definition) is 3. The van der Waals surface area contributed by atoms with Crippen LogP contribution in [-0.2, 0) is 22.3 Å². The fourth-order valence-electron chi connectivity index (χ4n) is 2.56. The van der Waals surface area contributed by atoms with Crippen molar-refractivity contribution in [1.29, 1.82) is 0 Å². The van der Waals surface area contributed by atoms with E-state index < -0.39 is 10.0 Å². The van der Waals surface area contributed by atoms with Crippen LogP contribution in [0.4, 0.5) is 0 Å². The molecule has 0 bridgehead atoms. The van der Waals surface area contributed by atoms with E-state index in [1.165, 1.54) is 12.8 Å². The van der Waals surface area contributed by atoms with Crippen LogP contribution < -0.4 is 5.32 Å². The van der Waals surface area contributed by atoms with Crippen LogP contribution in [-0.4, -0.2) is 31.4 Å². The first-order chi connectivity index (χ1) is 9.92. The fraction of sp³-hybridized carbons (Fsp3) is 0.625. The molecular weight excluding hydrogens is 284 g/mol. The van der Waals surface area contributed by atoms with Gasteiger partial charge >= 0.3 is 0 Å². The van der Waals surface area contributed by atoms with Gasteiger partial charge in [0.2, 0.25) is 10.0 Å². The van der Waals surface area contributed by atoms with Crippen molar-refractivity contribution in [1.82, 2.24) is 9.62 Å². The number of nitrogens with zero attached hydrogens (tertiary/aromatic N) is 1. The molecule has 1 aromatic rings. The van der Waals surface area contributed by atoms with Crippen LogP contribution in [0.25, 0.3) is 0 Å². The molecule has 0 saturated heterocycles. The molecule has 0 heterocycles. The van der Waals surface area contributed by atoms with Crippen LogP contribution in [0, 0.1) is 0 Å². The molecule has 0 spiro atoms. The normalized spacial score (nSPS) is 15.9. The molecule has 0 unspecified atom stereocenters. The van der Waals surface area contributed by atoms with Gasteiger partial charge in [0.25, 0.3) is 0 Å². The maximum atomic E-state index is 12.5. The smallest absolute Gasteiger partial charge is 0.218 e. The molecule has 0 aliphatic heterocycles. The molecule has 0 atom stereocenters. The van der Waals surface area contributed by atoms with Crippen molar-refractivity contribution in [2.45, 2.75) is 58.0 Å². The summed E-state index contributed by atoms with van der Waals surface area (Å²) in [6, 6.07) is 8.55. The van der Waals surface area contributed by atoms with Crippen LogP contribution >= 0.6 is 0 Å². The second-order valence-electron chi connectivity index (χ2n) is 6.03. The highest BCUT2D eigenvalue weighted by Gasteiger charge is 2.24. The Morgan fingerprint density at radius 1 is 1.29 bits per heavy atom. The molecule has 1 N–H and O–H groups in total. The van der Waals surface area contributed by atoms with E-state index in [4.69, 9.17) is 0 Å². The Bertz CT molecular complexity index is 565. The molecule has 1 aromatic carbocycles. The van der Waals surface area contributed by atoms with Crippen LogP contribution in [0.3, 0.4) is 0 Å². The standard InChI is InChI=1S/C16H26N2O2S/c1-4-18(13(2)3)21(19,20)12-15-7-5-6-14(10-15)11-17-16-8-9-16/h5-7,10,13,16-17H,4,8-9,11-12H2,1-3H3. The summed E-state index contributed by atoms with van der Waals surface area (Å²) in [7, 11) is -3.25. The molecule has 1 aliphatic carbocycles. The molecule has 1 saturated carbocycles. The summed E-state index contributed by atoms with van der Waals surface area (Å²) >= 11 is 0. The Hall–Kier alpha value is -0.910. The minimum atomic E-state index is -3.25. The van der Waals surface area contributed by atoms with E-state index in [9.17, 15) is 8.42 Å². The SMILES string of the molecule is CCN(C(C)C)S(=O)(=O)Cc1cccc(CNC2CC2)c1. The van der Waals surface area contributed by atoms with Crippen molar-refractivity contribution < 1.29 is 8.42 Å². The summed E-state index contributed by atoms with van der Waals surface area (Å²) in [5.74, 6) is 0.0797. The molecule has 0 aromatic heterocycles. The average Bonchev–Trinajstić information content (AvgIpc) is 3.20. The zero-order valence-electron chi connectivity index (χ0n) is 13.2. The van der Waals surface area contributed by atoms with E-state index in [1.54, 1.807) is 4.31 Å². The highest BCUT2D eigenvalue weighted by Crippen LogP contribution is 2.20. The van der Waals surface area contributed by atoms with E-state index >= 15 is 0 Å². The monoisotopic (exact) mass is 310 g/mol. The lowest BCUT2D eigenvalue weighted by Gasteiger charge is -2.24. The molecule has 21 heavy (non-hydrogen) atoms. The average molecular weight is 310 g/mol. The van der Waals surface area contributed by atoms with E-state index in [0.29, 0.717) is 12.6 Å². The second-order valence-corrected chi connectivity index (χ2v) is 7.95. The van der Waals surface area contributed by atoms with Gasteiger partial charge in [-0.05, 0) is 37.8 Å². The van der Waals surface area contributed by atoms with E-state index in [-0.39, 0.29) is 11.8 Å². The quantitative estimate of drug-likeness (QED) is 0.802. The maximum absolute atomic E-state index is 12.5. The summed E-state index contributed by atoms with van der Waals surface area (Å²) in [6.45, 7) is 7.05.